The van der Waals surface area contributed by atoms with E-state index < -0.39 is 0 Å². The Morgan fingerprint density at radius 3 is 2.68 bits per heavy atom. The van der Waals surface area contributed by atoms with E-state index >= 15 is 0 Å². The Morgan fingerprint density at radius 1 is 1.08 bits per heavy atom. The fraction of sp³-hybridized carbons (Fsp3) is 0.684. The van der Waals surface area contributed by atoms with E-state index in [1.165, 1.54) is 25.7 Å². The summed E-state index contributed by atoms with van der Waals surface area (Å²) in [4.78, 5) is 24.3. The van der Waals surface area contributed by atoms with Gasteiger partial charge in [-0.15, -0.1) is 0 Å². The van der Waals surface area contributed by atoms with Crippen LogP contribution in [0.5, 0.6) is 0 Å². The van der Waals surface area contributed by atoms with Crippen molar-refractivity contribution in [2.45, 2.75) is 44.2 Å². The van der Waals surface area contributed by atoms with Gasteiger partial charge in [-0.05, 0) is 51.4 Å². The highest BCUT2D eigenvalue weighted by molar-refractivity contribution is 5.95. The van der Waals surface area contributed by atoms with Crippen LogP contribution in [-0.2, 0) is 4.79 Å². The molecule has 1 N–H and O–H groups in total. The zero-order valence-corrected chi connectivity index (χ0v) is 15.2. The summed E-state index contributed by atoms with van der Waals surface area (Å²) in [5.41, 5.74) is 0.809. The highest BCUT2D eigenvalue weighted by Crippen LogP contribution is 2.32. The molecule has 1 aromatic heterocycles. The molecule has 4 heterocycles. The maximum Gasteiger partial charge on any atom is 0.241 e. The molecule has 136 valence electrons. The van der Waals surface area contributed by atoms with Crippen LogP contribution in [0.2, 0.25) is 0 Å². The highest BCUT2D eigenvalue weighted by Gasteiger charge is 2.38. The van der Waals surface area contributed by atoms with Gasteiger partial charge in [0.1, 0.15) is 5.82 Å². The minimum atomic E-state index is 0.0441. The number of carbonyl (C=O) groups is 1. The van der Waals surface area contributed by atoms with Crippen molar-refractivity contribution in [2.24, 2.45) is 0 Å². The van der Waals surface area contributed by atoms with Crippen LogP contribution in [-0.4, -0.2) is 72.5 Å². The molecule has 0 saturated carbocycles. The van der Waals surface area contributed by atoms with Crippen molar-refractivity contribution in [3.63, 3.8) is 0 Å². The number of hydrogen-bond acceptors (Lipinski definition) is 5. The average Bonchev–Trinajstić information content (AvgIpc) is 3.07. The number of piperazine rings is 1. The van der Waals surface area contributed by atoms with Crippen LogP contribution in [0.4, 0.5) is 11.5 Å². The standard InChI is InChI=1S/C19H29N5O/c1-22-10-12-23(13-11-22)18-8-5-15(14-20-18)21-19(25)17-7-6-16-4-2-3-9-24(16)17/h5,8,14,16-17H,2-4,6-7,9-13H2,1H3,(H,21,25). The van der Waals surface area contributed by atoms with E-state index in [4.69, 9.17) is 0 Å². The van der Waals surface area contributed by atoms with E-state index in [9.17, 15) is 4.79 Å². The number of fused-ring (bicyclic) bond motifs is 1. The number of nitrogens with one attached hydrogen (secondary N) is 1. The summed E-state index contributed by atoms with van der Waals surface area (Å²) in [5.74, 6) is 1.14. The van der Waals surface area contributed by atoms with Gasteiger partial charge >= 0.3 is 0 Å². The molecule has 3 aliphatic heterocycles. The fourth-order valence-corrected chi connectivity index (χ4v) is 4.45. The number of piperidine rings is 1. The SMILES string of the molecule is CN1CCN(c2ccc(NC(=O)C3CCC4CCCCN43)cn2)CC1. The first kappa shape index (κ1) is 16.8. The lowest BCUT2D eigenvalue weighted by molar-refractivity contribution is -0.121. The molecular weight excluding hydrogens is 314 g/mol. The molecule has 0 aromatic carbocycles. The summed E-state index contributed by atoms with van der Waals surface area (Å²) in [6.45, 7) is 5.22. The van der Waals surface area contributed by atoms with Gasteiger partial charge in [0.15, 0.2) is 0 Å². The third-order valence-corrected chi connectivity index (χ3v) is 5.99. The summed E-state index contributed by atoms with van der Waals surface area (Å²) in [7, 11) is 2.15. The molecule has 3 fully saturated rings. The molecule has 1 amide bonds. The quantitative estimate of drug-likeness (QED) is 0.907. The zero-order valence-electron chi connectivity index (χ0n) is 15.2. The van der Waals surface area contributed by atoms with Gasteiger partial charge in [-0.25, -0.2) is 4.98 Å². The summed E-state index contributed by atoms with van der Waals surface area (Å²) < 4.78 is 0. The topological polar surface area (TPSA) is 51.7 Å². The molecule has 0 aliphatic carbocycles. The molecular formula is C19H29N5O. The first-order valence-electron chi connectivity index (χ1n) is 9.67. The molecule has 0 radical (unpaired) electrons. The van der Waals surface area contributed by atoms with Gasteiger partial charge < -0.3 is 15.1 Å². The first-order valence-corrected chi connectivity index (χ1v) is 9.67. The molecule has 0 spiro atoms. The average molecular weight is 343 g/mol. The number of anilines is 2. The summed E-state index contributed by atoms with van der Waals surface area (Å²) >= 11 is 0. The van der Waals surface area contributed by atoms with Crippen LogP contribution in [0.1, 0.15) is 32.1 Å². The predicted molar refractivity (Wildman–Crippen MR) is 99.9 cm³/mol. The van der Waals surface area contributed by atoms with Crippen molar-refractivity contribution in [3.8, 4) is 0 Å². The number of carbonyl (C=O) groups excluding carboxylic acids is 1. The molecule has 1 aromatic rings. The maximum absolute atomic E-state index is 12.7. The maximum atomic E-state index is 12.7. The third-order valence-electron chi connectivity index (χ3n) is 5.99. The lowest BCUT2D eigenvalue weighted by Crippen LogP contribution is -2.45. The molecule has 3 aliphatic rings. The van der Waals surface area contributed by atoms with E-state index in [1.807, 2.05) is 12.1 Å². The van der Waals surface area contributed by atoms with Crippen LogP contribution in [0.25, 0.3) is 0 Å². The first-order chi connectivity index (χ1) is 12.2. The van der Waals surface area contributed by atoms with Gasteiger partial charge in [0.2, 0.25) is 5.91 Å². The highest BCUT2D eigenvalue weighted by atomic mass is 16.2. The Labute approximate surface area is 150 Å². The van der Waals surface area contributed by atoms with E-state index in [2.05, 4.69) is 32.0 Å². The van der Waals surface area contributed by atoms with Crippen LogP contribution in [0, 0.1) is 0 Å². The van der Waals surface area contributed by atoms with Gasteiger partial charge in [0.25, 0.3) is 0 Å². The van der Waals surface area contributed by atoms with Gasteiger partial charge in [0, 0.05) is 32.2 Å². The van der Waals surface area contributed by atoms with E-state index in [0.717, 1.165) is 50.6 Å². The molecule has 4 rings (SSSR count). The number of amides is 1. The van der Waals surface area contributed by atoms with Crippen molar-refractivity contribution in [1.82, 2.24) is 14.8 Å². The molecule has 3 saturated heterocycles. The van der Waals surface area contributed by atoms with Crippen molar-refractivity contribution in [2.75, 3.05) is 50.0 Å². The van der Waals surface area contributed by atoms with E-state index in [-0.39, 0.29) is 11.9 Å². The van der Waals surface area contributed by atoms with E-state index in [1.54, 1.807) is 6.20 Å². The van der Waals surface area contributed by atoms with Crippen molar-refractivity contribution in [3.05, 3.63) is 18.3 Å². The largest absolute Gasteiger partial charge is 0.354 e. The second-order valence-corrected chi connectivity index (χ2v) is 7.67. The monoisotopic (exact) mass is 343 g/mol. The van der Waals surface area contributed by atoms with Crippen molar-refractivity contribution in [1.29, 1.82) is 0 Å². The Hall–Kier alpha value is -1.66. The number of pyridine rings is 1. The smallest absolute Gasteiger partial charge is 0.241 e. The zero-order chi connectivity index (χ0) is 17.2. The molecule has 25 heavy (non-hydrogen) atoms. The normalized spacial score (nSPS) is 28.0. The minimum Gasteiger partial charge on any atom is -0.354 e. The Balaban J connectivity index is 1.35. The van der Waals surface area contributed by atoms with Crippen LogP contribution >= 0.6 is 0 Å². The second-order valence-electron chi connectivity index (χ2n) is 7.67. The number of aromatic nitrogens is 1. The molecule has 2 atom stereocenters. The third kappa shape index (κ3) is 3.65. The van der Waals surface area contributed by atoms with Crippen LogP contribution < -0.4 is 10.2 Å². The van der Waals surface area contributed by atoms with Crippen molar-refractivity contribution < 1.29 is 4.79 Å². The minimum absolute atomic E-state index is 0.0441. The number of likely N-dealkylation sites (N-methyl/N-ethyl adjacent to an activating group) is 1. The van der Waals surface area contributed by atoms with Crippen LogP contribution in [0.3, 0.4) is 0 Å². The van der Waals surface area contributed by atoms with Gasteiger partial charge in [-0.2, -0.15) is 0 Å². The lowest BCUT2D eigenvalue weighted by Gasteiger charge is -2.33. The Morgan fingerprint density at radius 2 is 1.92 bits per heavy atom. The lowest BCUT2D eigenvalue weighted by atomic mass is 10.0. The summed E-state index contributed by atoms with van der Waals surface area (Å²) in [5, 5.41) is 3.08. The van der Waals surface area contributed by atoms with Gasteiger partial charge in [-0.1, -0.05) is 6.42 Å². The number of hydrogen-bond donors (Lipinski definition) is 1. The van der Waals surface area contributed by atoms with E-state index in [0.29, 0.717) is 6.04 Å². The Kier molecular flexibility index (Phi) is 4.90. The molecule has 6 heteroatoms. The second kappa shape index (κ2) is 7.30. The Bertz CT molecular complexity index is 596. The molecule has 0 bridgehead atoms. The van der Waals surface area contributed by atoms with Crippen LogP contribution in [0.15, 0.2) is 18.3 Å². The van der Waals surface area contributed by atoms with Gasteiger partial charge in [0.05, 0.1) is 17.9 Å². The van der Waals surface area contributed by atoms with Gasteiger partial charge in [-0.3, -0.25) is 9.69 Å². The summed E-state index contributed by atoms with van der Waals surface area (Å²) in [6.07, 6.45) is 7.75. The molecule has 2 unspecified atom stereocenters. The predicted octanol–water partition coefficient (Wildman–Crippen LogP) is 1.79. The number of rotatable bonds is 3. The fourth-order valence-electron chi connectivity index (χ4n) is 4.45. The number of nitrogens with zero attached hydrogens (tertiary/aromatic N) is 4. The summed E-state index contributed by atoms with van der Waals surface area (Å²) in [6, 6.07) is 4.69. The molecule has 6 nitrogen and oxygen atoms in total. The van der Waals surface area contributed by atoms with Crippen molar-refractivity contribution >= 4 is 17.4 Å².